The molecule has 3 aromatic rings. The smallest absolute Gasteiger partial charge is 0.255 e. The third-order valence-corrected chi connectivity index (χ3v) is 4.63. The SMILES string of the molecule is Cc1ccc(C(=O)Nc2ccc(C(C)C)c(C)c2)cc1-c1cnc(N)nc1. The van der Waals surface area contributed by atoms with E-state index in [1.165, 1.54) is 11.1 Å². The van der Waals surface area contributed by atoms with Crippen molar-refractivity contribution in [2.45, 2.75) is 33.6 Å². The van der Waals surface area contributed by atoms with Gasteiger partial charge < -0.3 is 11.1 Å². The van der Waals surface area contributed by atoms with Crippen LogP contribution >= 0.6 is 0 Å². The lowest BCUT2D eigenvalue weighted by atomic mass is 9.97. The molecule has 0 radical (unpaired) electrons. The second-order valence-electron chi connectivity index (χ2n) is 7.04. The summed E-state index contributed by atoms with van der Waals surface area (Å²) in [6.07, 6.45) is 3.33. The van der Waals surface area contributed by atoms with E-state index in [0.717, 1.165) is 22.4 Å². The van der Waals surface area contributed by atoms with Crippen LogP contribution in [0.25, 0.3) is 11.1 Å². The number of anilines is 2. The van der Waals surface area contributed by atoms with Crippen LogP contribution in [0.4, 0.5) is 11.6 Å². The van der Waals surface area contributed by atoms with Crippen LogP contribution in [0, 0.1) is 13.8 Å². The summed E-state index contributed by atoms with van der Waals surface area (Å²) in [7, 11) is 0. The van der Waals surface area contributed by atoms with Crippen molar-refractivity contribution < 1.29 is 4.79 Å². The second kappa shape index (κ2) is 7.58. The van der Waals surface area contributed by atoms with Crippen molar-refractivity contribution in [2.75, 3.05) is 11.1 Å². The molecule has 0 aliphatic heterocycles. The van der Waals surface area contributed by atoms with Gasteiger partial charge in [-0.05, 0) is 66.3 Å². The summed E-state index contributed by atoms with van der Waals surface area (Å²) in [6.45, 7) is 8.38. The zero-order valence-corrected chi connectivity index (χ0v) is 16.1. The van der Waals surface area contributed by atoms with E-state index >= 15 is 0 Å². The molecule has 0 aliphatic carbocycles. The van der Waals surface area contributed by atoms with Crippen LogP contribution in [0.2, 0.25) is 0 Å². The Morgan fingerprint density at radius 1 is 1.00 bits per heavy atom. The van der Waals surface area contributed by atoms with E-state index in [4.69, 9.17) is 5.73 Å². The maximum Gasteiger partial charge on any atom is 0.255 e. The summed E-state index contributed by atoms with van der Waals surface area (Å²) in [5, 5.41) is 2.98. The minimum Gasteiger partial charge on any atom is -0.368 e. The van der Waals surface area contributed by atoms with E-state index in [0.29, 0.717) is 11.5 Å². The van der Waals surface area contributed by atoms with Gasteiger partial charge >= 0.3 is 0 Å². The lowest BCUT2D eigenvalue weighted by Gasteiger charge is -2.13. The Balaban J connectivity index is 1.86. The lowest BCUT2D eigenvalue weighted by molar-refractivity contribution is 0.102. The van der Waals surface area contributed by atoms with Crippen LogP contribution in [0.3, 0.4) is 0 Å². The minimum atomic E-state index is -0.149. The quantitative estimate of drug-likeness (QED) is 0.705. The summed E-state index contributed by atoms with van der Waals surface area (Å²) < 4.78 is 0. The van der Waals surface area contributed by atoms with Gasteiger partial charge in [-0.25, -0.2) is 9.97 Å². The number of aromatic nitrogens is 2. The predicted octanol–water partition coefficient (Wildman–Crippen LogP) is 4.72. The number of nitrogen functional groups attached to an aromatic ring is 1. The lowest BCUT2D eigenvalue weighted by Crippen LogP contribution is -2.12. The van der Waals surface area contributed by atoms with E-state index in [-0.39, 0.29) is 11.9 Å². The highest BCUT2D eigenvalue weighted by Crippen LogP contribution is 2.25. The van der Waals surface area contributed by atoms with E-state index in [1.54, 1.807) is 12.4 Å². The highest BCUT2D eigenvalue weighted by molar-refractivity contribution is 6.05. The number of nitrogens with two attached hydrogens (primary N) is 1. The Labute approximate surface area is 159 Å². The highest BCUT2D eigenvalue weighted by Gasteiger charge is 2.12. The van der Waals surface area contributed by atoms with Gasteiger partial charge in [0.2, 0.25) is 5.95 Å². The highest BCUT2D eigenvalue weighted by atomic mass is 16.1. The van der Waals surface area contributed by atoms with Crippen molar-refractivity contribution in [3.8, 4) is 11.1 Å². The summed E-state index contributed by atoms with van der Waals surface area (Å²) in [6, 6.07) is 11.6. The van der Waals surface area contributed by atoms with Crippen LogP contribution in [0.5, 0.6) is 0 Å². The molecule has 0 unspecified atom stereocenters. The predicted molar refractivity (Wildman–Crippen MR) is 110 cm³/mol. The number of hydrogen-bond acceptors (Lipinski definition) is 4. The first-order valence-corrected chi connectivity index (χ1v) is 8.95. The first-order valence-electron chi connectivity index (χ1n) is 8.95. The van der Waals surface area contributed by atoms with Crippen LogP contribution < -0.4 is 11.1 Å². The molecule has 5 heteroatoms. The van der Waals surface area contributed by atoms with Crippen molar-refractivity contribution in [1.82, 2.24) is 9.97 Å². The molecule has 0 saturated heterocycles. The maximum absolute atomic E-state index is 12.7. The van der Waals surface area contributed by atoms with E-state index in [9.17, 15) is 4.79 Å². The van der Waals surface area contributed by atoms with E-state index < -0.39 is 0 Å². The number of rotatable bonds is 4. The topological polar surface area (TPSA) is 80.9 Å². The first-order chi connectivity index (χ1) is 12.8. The molecule has 0 bridgehead atoms. The molecule has 1 aromatic heterocycles. The molecule has 0 aliphatic rings. The van der Waals surface area contributed by atoms with Gasteiger partial charge in [-0.3, -0.25) is 4.79 Å². The number of hydrogen-bond donors (Lipinski definition) is 2. The Morgan fingerprint density at radius 3 is 2.33 bits per heavy atom. The third kappa shape index (κ3) is 4.14. The Hall–Kier alpha value is -3.21. The monoisotopic (exact) mass is 360 g/mol. The minimum absolute atomic E-state index is 0.149. The Kier molecular flexibility index (Phi) is 5.21. The second-order valence-corrected chi connectivity index (χ2v) is 7.04. The van der Waals surface area contributed by atoms with Gasteiger partial charge in [0.25, 0.3) is 5.91 Å². The fraction of sp³-hybridized carbons (Fsp3) is 0.227. The molecular formula is C22H24N4O. The van der Waals surface area contributed by atoms with E-state index in [1.807, 2.05) is 37.3 Å². The summed E-state index contributed by atoms with van der Waals surface area (Å²) in [5.74, 6) is 0.534. The average molecular weight is 360 g/mol. The normalized spacial score (nSPS) is 10.9. The molecule has 3 N–H and O–H groups in total. The van der Waals surface area contributed by atoms with Gasteiger partial charge in [-0.2, -0.15) is 0 Å². The summed E-state index contributed by atoms with van der Waals surface area (Å²) in [4.78, 5) is 20.8. The molecule has 5 nitrogen and oxygen atoms in total. The van der Waals surface area contributed by atoms with Crippen LogP contribution in [0.1, 0.15) is 46.8 Å². The summed E-state index contributed by atoms with van der Waals surface area (Å²) >= 11 is 0. The average Bonchev–Trinajstić information content (AvgIpc) is 2.62. The molecular weight excluding hydrogens is 336 g/mol. The molecule has 0 fully saturated rings. The van der Waals surface area contributed by atoms with Crippen molar-refractivity contribution in [1.29, 1.82) is 0 Å². The number of carbonyl (C=O) groups is 1. The maximum atomic E-state index is 12.7. The van der Waals surface area contributed by atoms with Crippen molar-refractivity contribution in [3.63, 3.8) is 0 Å². The zero-order chi connectivity index (χ0) is 19.6. The summed E-state index contributed by atoms with van der Waals surface area (Å²) in [5.41, 5.74) is 12.2. The fourth-order valence-corrected chi connectivity index (χ4v) is 3.16. The Bertz CT molecular complexity index is 978. The molecule has 1 heterocycles. The van der Waals surface area contributed by atoms with Crippen molar-refractivity contribution in [3.05, 3.63) is 71.0 Å². The molecule has 0 atom stereocenters. The third-order valence-electron chi connectivity index (χ3n) is 4.63. The van der Waals surface area contributed by atoms with Crippen molar-refractivity contribution in [2.24, 2.45) is 0 Å². The molecule has 0 saturated carbocycles. The van der Waals surface area contributed by atoms with Gasteiger partial charge in [-0.1, -0.05) is 26.0 Å². The van der Waals surface area contributed by atoms with Crippen LogP contribution in [-0.2, 0) is 0 Å². The van der Waals surface area contributed by atoms with Gasteiger partial charge in [-0.15, -0.1) is 0 Å². The zero-order valence-electron chi connectivity index (χ0n) is 16.1. The number of amides is 1. The van der Waals surface area contributed by atoms with Crippen molar-refractivity contribution >= 4 is 17.5 Å². The standard InChI is InChI=1S/C22H24N4O/c1-13(2)19-8-7-18(9-15(19)4)26-21(27)16-6-5-14(3)20(10-16)17-11-24-22(23)25-12-17/h5-13H,1-4H3,(H,26,27)(H2,23,24,25). The molecule has 0 spiro atoms. The van der Waals surface area contributed by atoms with Crippen LogP contribution in [-0.4, -0.2) is 15.9 Å². The molecule has 138 valence electrons. The van der Waals surface area contributed by atoms with Gasteiger partial charge in [0.1, 0.15) is 0 Å². The van der Waals surface area contributed by atoms with Gasteiger partial charge in [0, 0.05) is 29.2 Å². The first kappa shape index (κ1) is 18.6. The molecule has 3 rings (SSSR count). The molecule has 1 amide bonds. The number of nitrogens with one attached hydrogen (secondary N) is 1. The van der Waals surface area contributed by atoms with Gasteiger partial charge in [0.15, 0.2) is 0 Å². The molecule has 2 aromatic carbocycles. The molecule has 27 heavy (non-hydrogen) atoms. The Morgan fingerprint density at radius 2 is 1.70 bits per heavy atom. The number of aryl methyl sites for hydroxylation is 2. The van der Waals surface area contributed by atoms with Gasteiger partial charge in [0.05, 0.1) is 0 Å². The number of carbonyl (C=O) groups excluding carboxylic acids is 1. The fourth-order valence-electron chi connectivity index (χ4n) is 3.16. The largest absolute Gasteiger partial charge is 0.368 e. The van der Waals surface area contributed by atoms with Crippen LogP contribution in [0.15, 0.2) is 48.8 Å². The van der Waals surface area contributed by atoms with E-state index in [2.05, 4.69) is 42.1 Å². The number of benzene rings is 2. The number of nitrogens with zero attached hydrogens (tertiary/aromatic N) is 2.